The van der Waals surface area contributed by atoms with Gasteiger partial charge in [-0.25, -0.2) is 5.43 Å². The fraction of sp³-hybridized carbons (Fsp3) is 0.0714. The third kappa shape index (κ3) is 5.34. The zero-order valence-electron chi connectivity index (χ0n) is 18.3. The topological polar surface area (TPSA) is 70.9 Å². The van der Waals surface area contributed by atoms with Crippen molar-refractivity contribution < 1.29 is 14.6 Å². The number of aliphatic hydroxyl groups is 1. The fourth-order valence-electron chi connectivity index (χ4n) is 3.54. The number of hydrogen-bond donors (Lipinski definition) is 2. The molecule has 0 aliphatic rings. The highest BCUT2D eigenvalue weighted by Gasteiger charge is 2.39. The van der Waals surface area contributed by atoms with Gasteiger partial charge in [0, 0.05) is 10.6 Å². The van der Waals surface area contributed by atoms with E-state index in [9.17, 15) is 9.90 Å². The van der Waals surface area contributed by atoms with Crippen molar-refractivity contribution in [2.45, 2.75) is 12.2 Å². The Bertz CT molecular complexity index is 1240. The van der Waals surface area contributed by atoms with E-state index in [1.807, 2.05) is 54.6 Å². The Morgan fingerprint density at radius 2 is 1.50 bits per heavy atom. The maximum absolute atomic E-state index is 13.2. The summed E-state index contributed by atoms with van der Waals surface area (Å²) in [6, 6.07) is 32.3. The first-order chi connectivity index (χ1) is 16.6. The highest BCUT2D eigenvalue weighted by Crippen LogP contribution is 2.30. The van der Waals surface area contributed by atoms with Crippen molar-refractivity contribution >= 4 is 23.7 Å². The number of halogens is 1. The van der Waals surface area contributed by atoms with Crippen LogP contribution in [0, 0.1) is 0 Å². The van der Waals surface area contributed by atoms with Gasteiger partial charge in [0.15, 0.2) is 5.60 Å². The lowest BCUT2D eigenvalue weighted by atomic mass is 9.85. The van der Waals surface area contributed by atoms with Gasteiger partial charge < -0.3 is 9.84 Å². The van der Waals surface area contributed by atoms with Gasteiger partial charge >= 0.3 is 0 Å². The first kappa shape index (κ1) is 23.2. The highest BCUT2D eigenvalue weighted by atomic mass is 35.5. The maximum atomic E-state index is 13.2. The van der Waals surface area contributed by atoms with Crippen molar-refractivity contribution in [2.24, 2.45) is 5.10 Å². The number of rotatable bonds is 8. The molecule has 34 heavy (non-hydrogen) atoms. The highest BCUT2D eigenvalue weighted by molar-refractivity contribution is 6.30. The van der Waals surface area contributed by atoms with E-state index in [0.717, 1.165) is 5.56 Å². The summed E-state index contributed by atoms with van der Waals surface area (Å²) in [5, 5.41) is 16.2. The Morgan fingerprint density at radius 1 is 0.882 bits per heavy atom. The van der Waals surface area contributed by atoms with Gasteiger partial charge in [-0.2, -0.15) is 5.10 Å². The minimum Gasteiger partial charge on any atom is -0.488 e. The number of nitrogens with one attached hydrogen (secondary N) is 1. The van der Waals surface area contributed by atoms with Gasteiger partial charge in [-0.3, -0.25) is 4.79 Å². The van der Waals surface area contributed by atoms with Gasteiger partial charge in [0.25, 0.3) is 5.91 Å². The number of amides is 1. The Balaban J connectivity index is 1.52. The first-order valence-corrected chi connectivity index (χ1v) is 11.1. The summed E-state index contributed by atoms with van der Waals surface area (Å²) >= 11 is 6.04. The minimum absolute atomic E-state index is 0.333. The summed E-state index contributed by atoms with van der Waals surface area (Å²) in [7, 11) is 0. The van der Waals surface area contributed by atoms with Crippen LogP contribution in [0.5, 0.6) is 5.75 Å². The number of carbonyl (C=O) groups excluding carboxylic acids is 1. The Labute approximate surface area is 203 Å². The van der Waals surface area contributed by atoms with Gasteiger partial charge in [0.2, 0.25) is 0 Å². The van der Waals surface area contributed by atoms with Crippen LogP contribution in [-0.2, 0) is 17.0 Å². The average molecular weight is 471 g/mol. The quantitative estimate of drug-likeness (QED) is 0.271. The van der Waals surface area contributed by atoms with Crippen LogP contribution in [0.3, 0.4) is 0 Å². The summed E-state index contributed by atoms with van der Waals surface area (Å²) in [5.41, 5.74) is 3.08. The summed E-state index contributed by atoms with van der Waals surface area (Å²) in [5.74, 6) is -0.0691. The Hall–Kier alpha value is -3.93. The maximum Gasteiger partial charge on any atom is 0.281 e. The molecule has 6 heteroatoms. The van der Waals surface area contributed by atoms with E-state index in [0.29, 0.717) is 34.1 Å². The molecule has 0 saturated carbocycles. The lowest BCUT2D eigenvalue weighted by Gasteiger charge is -2.27. The SMILES string of the molecule is O=C(N/N=C\c1ccccc1OCc1cccc(Cl)c1)C(O)(c1ccccc1)c1ccccc1. The standard InChI is InChI=1S/C28H23ClN2O3/c29-25-16-9-10-21(18-25)20-34-26-17-8-7-11-22(26)19-30-31-27(32)28(33,23-12-3-1-4-13-23)24-14-5-2-6-15-24/h1-19,33H,20H2,(H,31,32)/b30-19-. The van der Waals surface area contributed by atoms with Crippen LogP contribution in [-0.4, -0.2) is 17.2 Å². The van der Waals surface area contributed by atoms with E-state index in [1.54, 1.807) is 54.6 Å². The fourth-order valence-corrected chi connectivity index (χ4v) is 3.75. The molecule has 4 rings (SSSR count). The van der Waals surface area contributed by atoms with Crippen LogP contribution < -0.4 is 10.2 Å². The van der Waals surface area contributed by atoms with Crippen LogP contribution in [0.1, 0.15) is 22.3 Å². The lowest BCUT2D eigenvalue weighted by Crippen LogP contribution is -2.43. The van der Waals surface area contributed by atoms with Crippen molar-refractivity contribution in [3.63, 3.8) is 0 Å². The van der Waals surface area contributed by atoms with Crippen molar-refractivity contribution in [3.05, 3.63) is 136 Å². The molecule has 4 aromatic rings. The molecule has 0 radical (unpaired) electrons. The molecular weight excluding hydrogens is 448 g/mol. The van der Waals surface area contributed by atoms with Crippen molar-refractivity contribution in [2.75, 3.05) is 0 Å². The molecule has 1 amide bonds. The number of hydrazone groups is 1. The minimum atomic E-state index is -1.90. The van der Waals surface area contributed by atoms with Crippen LogP contribution in [0.4, 0.5) is 0 Å². The molecule has 170 valence electrons. The van der Waals surface area contributed by atoms with Crippen LogP contribution in [0.25, 0.3) is 0 Å². The molecule has 0 aliphatic carbocycles. The molecule has 5 nitrogen and oxygen atoms in total. The molecule has 0 heterocycles. The predicted octanol–water partition coefficient (Wildman–Crippen LogP) is 5.31. The lowest BCUT2D eigenvalue weighted by molar-refractivity contribution is -0.136. The predicted molar refractivity (Wildman–Crippen MR) is 134 cm³/mol. The molecule has 2 N–H and O–H groups in total. The van der Waals surface area contributed by atoms with Gasteiger partial charge in [0.1, 0.15) is 12.4 Å². The average Bonchev–Trinajstić information content (AvgIpc) is 2.88. The molecule has 0 atom stereocenters. The largest absolute Gasteiger partial charge is 0.488 e. The number of hydrogen-bond acceptors (Lipinski definition) is 4. The number of benzene rings is 4. The third-order valence-electron chi connectivity index (χ3n) is 5.28. The second-order valence-corrected chi connectivity index (χ2v) is 8.03. The van der Waals surface area contributed by atoms with E-state index >= 15 is 0 Å². The second kappa shape index (κ2) is 10.8. The van der Waals surface area contributed by atoms with Gasteiger partial charge in [0.05, 0.1) is 6.21 Å². The van der Waals surface area contributed by atoms with Crippen molar-refractivity contribution in [1.82, 2.24) is 5.43 Å². The smallest absolute Gasteiger partial charge is 0.281 e. The number of nitrogens with zero attached hydrogens (tertiary/aromatic N) is 1. The van der Waals surface area contributed by atoms with E-state index in [4.69, 9.17) is 16.3 Å². The zero-order valence-corrected chi connectivity index (χ0v) is 19.0. The van der Waals surface area contributed by atoms with Crippen LogP contribution >= 0.6 is 11.6 Å². The van der Waals surface area contributed by atoms with Gasteiger partial charge in [-0.1, -0.05) is 96.5 Å². The molecule has 0 saturated heterocycles. The number of ether oxygens (including phenoxy) is 1. The van der Waals surface area contributed by atoms with Crippen molar-refractivity contribution in [1.29, 1.82) is 0 Å². The monoisotopic (exact) mass is 470 g/mol. The number of para-hydroxylation sites is 1. The molecule has 0 spiro atoms. The normalized spacial score (nSPS) is 11.4. The molecule has 0 aliphatic heterocycles. The van der Waals surface area contributed by atoms with E-state index in [2.05, 4.69) is 10.5 Å². The van der Waals surface area contributed by atoms with Crippen molar-refractivity contribution in [3.8, 4) is 5.75 Å². The Morgan fingerprint density at radius 3 is 2.15 bits per heavy atom. The third-order valence-corrected chi connectivity index (χ3v) is 5.52. The molecule has 0 unspecified atom stereocenters. The summed E-state index contributed by atoms with van der Waals surface area (Å²) < 4.78 is 5.93. The summed E-state index contributed by atoms with van der Waals surface area (Å²) in [6.45, 7) is 0.333. The number of carbonyl (C=O) groups is 1. The van der Waals surface area contributed by atoms with Gasteiger partial charge in [-0.15, -0.1) is 0 Å². The summed E-state index contributed by atoms with van der Waals surface area (Å²) in [6.07, 6.45) is 1.49. The van der Waals surface area contributed by atoms with Crippen LogP contribution in [0.2, 0.25) is 5.02 Å². The molecule has 4 aromatic carbocycles. The molecule has 0 bridgehead atoms. The van der Waals surface area contributed by atoms with Crippen LogP contribution in [0.15, 0.2) is 114 Å². The van der Waals surface area contributed by atoms with E-state index in [1.165, 1.54) is 6.21 Å². The molecular formula is C28H23ClN2O3. The summed E-state index contributed by atoms with van der Waals surface area (Å²) in [4.78, 5) is 13.2. The second-order valence-electron chi connectivity index (χ2n) is 7.60. The molecule has 0 fully saturated rings. The zero-order chi connectivity index (χ0) is 23.8. The van der Waals surface area contributed by atoms with Gasteiger partial charge in [-0.05, 0) is 41.0 Å². The first-order valence-electron chi connectivity index (χ1n) is 10.7. The Kier molecular flexibility index (Phi) is 7.38. The van der Waals surface area contributed by atoms with E-state index < -0.39 is 11.5 Å². The molecule has 0 aromatic heterocycles. The van der Waals surface area contributed by atoms with E-state index in [-0.39, 0.29) is 0 Å².